The Morgan fingerprint density at radius 2 is 2.29 bits per heavy atom. The van der Waals surface area contributed by atoms with Crippen LogP contribution in [0.15, 0.2) is 40.4 Å². The highest BCUT2D eigenvalue weighted by Gasteiger charge is 2.11. The van der Waals surface area contributed by atoms with Gasteiger partial charge in [-0.05, 0) is 37.4 Å². The van der Waals surface area contributed by atoms with Crippen molar-refractivity contribution in [2.45, 2.75) is 24.9 Å². The molecule has 1 aromatic carbocycles. The smallest absolute Gasteiger partial charge is 0.300 e. The van der Waals surface area contributed by atoms with Crippen LogP contribution in [0.4, 0.5) is 0 Å². The van der Waals surface area contributed by atoms with E-state index in [0.717, 1.165) is 15.1 Å². The van der Waals surface area contributed by atoms with Gasteiger partial charge in [0.1, 0.15) is 0 Å². The fourth-order valence-electron chi connectivity index (χ4n) is 2.31. The Bertz CT molecular complexity index is 1000. The predicted molar refractivity (Wildman–Crippen MR) is 98.2 cm³/mol. The number of nitrogens with zero attached hydrogens (tertiary/aromatic N) is 4. The van der Waals surface area contributed by atoms with Gasteiger partial charge in [0.2, 0.25) is 0 Å². The average Bonchev–Trinajstić information content (AvgIpc) is 3.20. The molecule has 1 amide bonds. The molecular weight excluding hydrogens is 340 g/mol. The van der Waals surface area contributed by atoms with Gasteiger partial charge in [0, 0.05) is 17.6 Å². The van der Waals surface area contributed by atoms with Crippen molar-refractivity contribution in [2.75, 3.05) is 6.26 Å². The summed E-state index contributed by atoms with van der Waals surface area (Å²) in [5.41, 5.74) is 1.33. The van der Waals surface area contributed by atoms with Gasteiger partial charge in [0.15, 0.2) is 10.5 Å². The zero-order valence-electron chi connectivity index (χ0n) is 13.4. The monoisotopic (exact) mass is 356 g/mol. The lowest BCUT2D eigenvalue weighted by atomic mass is 10.3. The first-order valence-corrected chi connectivity index (χ1v) is 9.43. The molecular formula is C17H16N4OS2. The van der Waals surface area contributed by atoms with Crippen molar-refractivity contribution in [3.05, 3.63) is 41.0 Å². The number of aromatic nitrogens is 3. The van der Waals surface area contributed by atoms with Crippen molar-refractivity contribution < 1.29 is 4.79 Å². The lowest BCUT2D eigenvalue weighted by Crippen LogP contribution is -2.16. The number of carbonyl (C=O) groups excluding carboxylic acids is 1. The second kappa shape index (κ2) is 7.07. The number of thioether (sulfide) groups is 1. The van der Waals surface area contributed by atoms with Gasteiger partial charge in [-0.3, -0.25) is 9.48 Å². The third-order valence-electron chi connectivity index (χ3n) is 3.52. The standard InChI is InChI=1S/C17H16N4OS2/c1-4-9-21-14-7-6-12(23-3)11-15(14)24-17(21)18-16(22)13-8-10-20(5-2)19-13/h1,6-8,10-11H,5,9H2,2-3H3. The minimum Gasteiger partial charge on any atom is -0.305 e. The van der Waals surface area contributed by atoms with Crippen molar-refractivity contribution >= 4 is 39.2 Å². The second-order valence-electron chi connectivity index (χ2n) is 4.98. The van der Waals surface area contributed by atoms with Gasteiger partial charge in [-0.1, -0.05) is 17.3 Å². The number of aryl methyl sites for hydroxylation is 1. The largest absolute Gasteiger partial charge is 0.305 e. The maximum Gasteiger partial charge on any atom is 0.300 e. The van der Waals surface area contributed by atoms with Gasteiger partial charge >= 0.3 is 0 Å². The SMILES string of the molecule is C#CCn1c(=NC(=O)c2ccn(CC)n2)sc2cc(SC)ccc21. The van der Waals surface area contributed by atoms with E-state index in [9.17, 15) is 4.79 Å². The lowest BCUT2D eigenvalue weighted by molar-refractivity contribution is 0.0992. The summed E-state index contributed by atoms with van der Waals surface area (Å²) in [5, 5.41) is 4.21. The summed E-state index contributed by atoms with van der Waals surface area (Å²) >= 11 is 3.14. The highest BCUT2D eigenvalue weighted by atomic mass is 32.2. The van der Waals surface area contributed by atoms with E-state index in [2.05, 4.69) is 22.1 Å². The minimum atomic E-state index is -0.357. The molecule has 3 rings (SSSR count). The Labute approximate surface area is 148 Å². The van der Waals surface area contributed by atoms with E-state index >= 15 is 0 Å². The van der Waals surface area contributed by atoms with Crippen molar-refractivity contribution in [2.24, 2.45) is 4.99 Å². The molecule has 0 unspecified atom stereocenters. The summed E-state index contributed by atoms with van der Waals surface area (Å²) in [5.74, 6) is 2.27. The van der Waals surface area contributed by atoms with Crippen molar-refractivity contribution in [3.63, 3.8) is 0 Å². The summed E-state index contributed by atoms with van der Waals surface area (Å²) in [6.07, 6.45) is 9.29. The number of benzene rings is 1. The van der Waals surface area contributed by atoms with E-state index in [-0.39, 0.29) is 5.91 Å². The van der Waals surface area contributed by atoms with Gasteiger partial charge in [-0.2, -0.15) is 10.1 Å². The number of fused-ring (bicyclic) bond motifs is 1. The maximum absolute atomic E-state index is 12.4. The number of thiazole rings is 1. The number of carbonyl (C=O) groups is 1. The highest BCUT2D eigenvalue weighted by molar-refractivity contribution is 7.98. The molecule has 2 aromatic heterocycles. The van der Waals surface area contributed by atoms with Crippen LogP contribution >= 0.6 is 23.1 Å². The second-order valence-corrected chi connectivity index (χ2v) is 6.87. The molecule has 0 aliphatic carbocycles. The number of hydrogen-bond acceptors (Lipinski definition) is 4. The zero-order valence-corrected chi connectivity index (χ0v) is 15.0. The molecule has 7 heteroatoms. The van der Waals surface area contributed by atoms with Crippen LogP contribution in [0.5, 0.6) is 0 Å². The normalized spacial score (nSPS) is 11.8. The predicted octanol–water partition coefficient (Wildman–Crippen LogP) is 3.02. The third kappa shape index (κ3) is 3.16. The molecule has 0 saturated carbocycles. The van der Waals surface area contributed by atoms with Crippen LogP contribution in [0.25, 0.3) is 10.2 Å². The number of amides is 1. The summed E-state index contributed by atoms with van der Waals surface area (Å²) in [6, 6.07) is 7.83. The molecule has 3 aromatic rings. The third-order valence-corrected chi connectivity index (χ3v) is 5.29. The summed E-state index contributed by atoms with van der Waals surface area (Å²) in [6.45, 7) is 3.05. The minimum absolute atomic E-state index is 0.339. The van der Waals surface area contributed by atoms with E-state index in [1.54, 1.807) is 28.7 Å². The van der Waals surface area contributed by atoms with Gasteiger partial charge in [0.05, 0.1) is 16.8 Å². The molecule has 2 heterocycles. The molecule has 5 nitrogen and oxygen atoms in total. The first kappa shape index (κ1) is 16.6. The van der Waals surface area contributed by atoms with Crippen molar-refractivity contribution in [1.29, 1.82) is 0 Å². The van der Waals surface area contributed by atoms with Crippen LogP contribution in [0.3, 0.4) is 0 Å². The first-order valence-electron chi connectivity index (χ1n) is 7.39. The quantitative estimate of drug-likeness (QED) is 0.533. The van der Waals surface area contributed by atoms with Crippen molar-refractivity contribution in [3.8, 4) is 12.3 Å². The summed E-state index contributed by atoms with van der Waals surface area (Å²) in [7, 11) is 0. The summed E-state index contributed by atoms with van der Waals surface area (Å²) < 4.78 is 4.65. The molecule has 24 heavy (non-hydrogen) atoms. The molecule has 122 valence electrons. The molecule has 0 spiro atoms. The first-order chi connectivity index (χ1) is 11.7. The maximum atomic E-state index is 12.4. The van der Waals surface area contributed by atoms with Crippen molar-refractivity contribution in [1.82, 2.24) is 14.3 Å². The number of hydrogen-bond donors (Lipinski definition) is 0. The van der Waals surface area contributed by atoms with E-state index in [0.29, 0.717) is 23.6 Å². The topological polar surface area (TPSA) is 52.2 Å². The van der Waals surface area contributed by atoms with Crippen LogP contribution in [0.1, 0.15) is 17.4 Å². The van der Waals surface area contributed by atoms with Gasteiger partial charge < -0.3 is 4.57 Å². The molecule has 0 radical (unpaired) electrons. The highest BCUT2D eigenvalue weighted by Crippen LogP contribution is 2.24. The Kier molecular flexibility index (Phi) is 4.88. The van der Waals surface area contributed by atoms with Crippen LogP contribution in [0, 0.1) is 12.3 Å². The Hall–Kier alpha value is -2.30. The van der Waals surface area contributed by atoms with E-state index in [4.69, 9.17) is 6.42 Å². The van der Waals surface area contributed by atoms with E-state index < -0.39 is 0 Å². The van der Waals surface area contributed by atoms with Crippen LogP contribution in [-0.2, 0) is 13.1 Å². The number of terminal acetylenes is 1. The molecule has 0 atom stereocenters. The summed E-state index contributed by atoms with van der Waals surface area (Å²) in [4.78, 5) is 18.4. The molecule has 0 fully saturated rings. The van der Waals surface area contributed by atoms with Gasteiger partial charge in [-0.15, -0.1) is 18.2 Å². The van der Waals surface area contributed by atoms with Gasteiger partial charge in [0.25, 0.3) is 5.91 Å². The average molecular weight is 356 g/mol. The van der Waals surface area contributed by atoms with Crippen LogP contribution in [-0.4, -0.2) is 26.5 Å². The lowest BCUT2D eigenvalue weighted by Gasteiger charge is -2.00. The van der Waals surface area contributed by atoms with Crippen LogP contribution < -0.4 is 4.80 Å². The van der Waals surface area contributed by atoms with Gasteiger partial charge in [-0.25, -0.2) is 0 Å². The number of rotatable bonds is 4. The van der Waals surface area contributed by atoms with E-state index in [1.807, 2.05) is 29.9 Å². The zero-order chi connectivity index (χ0) is 17.1. The molecule has 0 N–H and O–H groups in total. The Balaban J connectivity index is 2.11. The fourth-order valence-corrected chi connectivity index (χ4v) is 3.89. The Morgan fingerprint density at radius 3 is 2.96 bits per heavy atom. The molecule has 0 aliphatic rings. The van der Waals surface area contributed by atoms with Crippen LogP contribution in [0.2, 0.25) is 0 Å². The fraction of sp³-hybridized carbons (Fsp3) is 0.235. The Morgan fingerprint density at radius 1 is 1.46 bits per heavy atom. The van der Waals surface area contributed by atoms with E-state index in [1.165, 1.54) is 11.3 Å². The molecule has 0 saturated heterocycles. The molecule has 0 aliphatic heterocycles. The molecule has 0 bridgehead atoms.